The van der Waals surface area contributed by atoms with Crippen LogP contribution in [0, 0.1) is 0 Å². The van der Waals surface area contributed by atoms with E-state index in [1.807, 2.05) is 6.92 Å². The van der Waals surface area contributed by atoms with Gasteiger partial charge in [0, 0.05) is 32.7 Å². The topological polar surface area (TPSA) is 65.5 Å². The van der Waals surface area contributed by atoms with Gasteiger partial charge in [-0.2, -0.15) is 0 Å². The van der Waals surface area contributed by atoms with Crippen LogP contribution in [0.2, 0.25) is 5.15 Å². The molecule has 1 aromatic heterocycles. The second-order valence-corrected chi connectivity index (χ2v) is 4.85. The van der Waals surface area contributed by atoms with Gasteiger partial charge >= 0.3 is 6.03 Å². The molecule has 1 aliphatic rings. The number of nitrogens with one attached hydrogen (secondary N) is 1. The highest BCUT2D eigenvalue weighted by atomic mass is 35.5. The van der Waals surface area contributed by atoms with Gasteiger partial charge in [-0.3, -0.25) is 4.79 Å². The van der Waals surface area contributed by atoms with E-state index in [0.717, 1.165) is 0 Å². The lowest BCUT2D eigenvalue weighted by Gasteiger charge is -2.34. The summed E-state index contributed by atoms with van der Waals surface area (Å²) in [6, 6.07) is 4.89. The van der Waals surface area contributed by atoms with Crippen LogP contribution in [0.5, 0.6) is 0 Å². The van der Waals surface area contributed by atoms with Crippen molar-refractivity contribution in [2.24, 2.45) is 0 Å². The summed E-state index contributed by atoms with van der Waals surface area (Å²) in [4.78, 5) is 31.3. The molecule has 2 rings (SSSR count). The van der Waals surface area contributed by atoms with Gasteiger partial charge in [0.15, 0.2) is 0 Å². The molecule has 0 aromatic carbocycles. The maximum absolute atomic E-state index is 12.2. The third kappa shape index (κ3) is 3.39. The number of hydrogen-bond acceptors (Lipinski definition) is 3. The number of urea groups is 1. The Kier molecular flexibility index (Phi) is 4.79. The highest BCUT2D eigenvalue weighted by Crippen LogP contribution is 2.10. The molecule has 1 saturated heterocycles. The number of carbonyl (C=O) groups is 2. The Bertz CT molecular complexity index is 501. The minimum atomic E-state index is -0.150. The van der Waals surface area contributed by atoms with Crippen LogP contribution in [0.15, 0.2) is 18.2 Å². The monoisotopic (exact) mass is 296 g/mol. The van der Waals surface area contributed by atoms with Crippen LogP contribution >= 0.6 is 11.6 Å². The van der Waals surface area contributed by atoms with Crippen molar-refractivity contribution in [1.82, 2.24) is 20.1 Å². The van der Waals surface area contributed by atoms with Gasteiger partial charge in [0.2, 0.25) is 0 Å². The molecule has 2 heterocycles. The van der Waals surface area contributed by atoms with Crippen molar-refractivity contribution in [3.05, 3.63) is 29.0 Å². The van der Waals surface area contributed by atoms with Gasteiger partial charge < -0.3 is 15.1 Å². The van der Waals surface area contributed by atoms with Gasteiger partial charge in [-0.25, -0.2) is 9.78 Å². The summed E-state index contributed by atoms with van der Waals surface area (Å²) in [7, 11) is 0. The summed E-state index contributed by atoms with van der Waals surface area (Å²) < 4.78 is 0. The van der Waals surface area contributed by atoms with Crippen molar-refractivity contribution >= 4 is 23.5 Å². The lowest BCUT2D eigenvalue weighted by Crippen LogP contribution is -2.53. The third-order valence-electron chi connectivity index (χ3n) is 3.12. The molecule has 0 radical (unpaired) electrons. The van der Waals surface area contributed by atoms with E-state index in [2.05, 4.69) is 10.3 Å². The number of nitrogens with zero attached hydrogens (tertiary/aromatic N) is 3. The highest BCUT2D eigenvalue weighted by molar-refractivity contribution is 6.29. The van der Waals surface area contributed by atoms with Crippen molar-refractivity contribution < 1.29 is 9.59 Å². The van der Waals surface area contributed by atoms with E-state index in [4.69, 9.17) is 11.6 Å². The molecule has 0 bridgehead atoms. The van der Waals surface area contributed by atoms with Crippen molar-refractivity contribution in [2.75, 3.05) is 32.7 Å². The molecule has 0 spiro atoms. The van der Waals surface area contributed by atoms with Gasteiger partial charge in [-0.15, -0.1) is 0 Å². The van der Waals surface area contributed by atoms with Crippen LogP contribution in [0.4, 0.5) is 4.79 Å². The molecule has 0 aliphatic carbocycles. The predicted octanol–water partition coefficient (Wildman–Crippen LogP) is 1.22. The summed E-state index contributed by atoms with van der Waals surface area (Å²) in [5.74, 6) is -0.150. The van der Waals surface area contributed by atoms with Gasteiger partial charge in [0.25, 0.3) is 5.91 Å². The average molecular weight is 297 g/mol. The number of hydrogen-bond donors (Lipinski definition) is 1. The lowest BCUT2D eigenvalue weighted by molar-refractivity contribution is 0.0659. The molecule has 1 fully saturated rings. The molecule has 1 N–H and O–H groups in total. The number of carbonyl (C=O) groups excluding carboxylic acids is 2. The van der Waals surface area contributed by atoms with Crippen molar-refractivity contribution in [1.29, 1.82) is 0 Å². The molecular formula is C13H17ClN4O2. The van der Waals surface area contributed by atoms with Crippen molar-refractivity contribution in [2.45, 2.75) is 6.92 Å². The zero-order valence-corrected chi connectivity index (χ0v) is 12.1. The lowest BCUT2D eigenvalue weighted by atomic mass is 10.2. The predicted molar refractivity (Wildman–Crippen MR) is 75.8 cm³/mol. The standard InChI is InChI=1S/C13H17ClN4O2/c1-2-15-13(20)18-8-6-17(7-9-18)12(19)10-4-3-5-11(14)16-10/h3-5H,2,6-9H2,1H3,(H,15,20). The number of amides is 3. The quantitative estimate of drug-likeness (QED) is 0.835. The number of halogens is 1. The smallest absolute Gasteiger partial charge is 0.317 e. The third-order valence-corrected chi connectivity index (χ3v) is 3.33. The largest absolute Gasteiger partial charge is 0.338 e. The Balaban J connectivity index is 1.93. The first-order valence-electron chi connectivity index (χ1n) is 6.56. The summed E-state index contributed by atoms with van der Waals surface area (Å²) in [6.45, 7) is 4.54. The Labute approximate surface area is 122 Å². The molecule has 6 nitrogen and oxygen atoms in total. The summed E-state index contributed by atoms with van der Waals surface area (Å²) in [5, 5.41) is 3.05. The zero-order valence-electron chi connectivity index (χ0n) is 11.3. The molecule has 3 amide bonds. The van der Waals surface area contributed by atoms with Crippen LogP contribution in [0.3, 0.4) is 0 Å². The van der Waals surface area contributed by atoms with E-state index < -0.39 is 0 Å². The maximum atomic E-state index is 12.2. The van der Waals surface area contributed by atoms with Crippen LogP contribution in [-0.2, 0) is 0 Å². The SMILES string of the molecule is CCNC(=O)N1CCN(C(=O)c2cccc(Cl)n2)CC1. The fourth-order valence-electron chi connectivity index (χ4n) is 2.07. The fourth-order valence-corrected chi connectivity index (χ4v) is 2.23. The molecule has 108 valence electrons. The molecule has 1 aromatic rings. The molecule has 0 unspecified atom stereocenters. The van der Waals surface area contributed by atoms with Crippen molar-refractivity contribution in [3.8, 4) is 0 Å². The molecule has 1 aliphatic heterocycles. The molecule has 0 atom stereocenters. The number of pyridine rings is 1. The molecule has 20 heavy (non-hydrogen) atoms. The first-order valence-corrected chi connectivity index (χ1v) is 6.94. The minimum absolute atomic E-state index is 0.0829. The number of piperazine rings is 1. The maximum Gasteiger partial charge on any atom is 0.317 e. The molecular weight excluding hydrogens is 280 g/mol. The Hall–Kier alpha value is -1.82. The first kappa shape index (κ1) is 14.6. The number of aromatic nitrogens is 1. The van der Waals surface area contributed by atoms with E-state index in [1.165, 1.54) is 0 Å². The van der Waals surface area contributed by atoms with Crippen molar-refractivity contribution in [3.63, 3.8) is 0 Å². The van der Waals surface area contributed by atoms with E-state index in [1.54, 1.807) is 28.0 Å². The summed E-state index contributed by atoms with van der Waals surface area (Å²) >= 11 is 5.78. The Morgan fingerprint density at radius 2 is 1.90 bits per heavy atom. The summed E-state index contributed by atoms with van der Waals surface area (Å²) in [6.07, 6.45) is 0. The number of rotatable bonds is 2. The highest BCUT2D eigenvalue weighted by Gasteiger charge is 2.25. The van der Waals surface area contributed by atoms with E-state index in [-0.39, 0.29) is 11.9 Å². The zero-order chi connectivity index (χ0) is 14.5. The second-order valence-electron chi connectivity index (χ2n) is 4.46. The van der Waals surface area contributed by atoms with Crippen LogP contribution in [0.1, 0.15) is 17.4 Å². The normalized spacial score (nSPS) is 15.1. The summed E-state index contributed by atoms with van der Waals surface area (Å²) in [5.41, 5.74) is 0.337. The molecule has 7 heteroatoms. The van der Waals surface area contributed by atoms with Gasteiger partial charge in [-0.1, -0.05) is 17.7 Å². The fraction of sp³-hybridized carbons (Fsp3) is 0.462. The minimum Gasteiger partial charge on any atom is -0.338 e. The van der Waals surface area contributed by atoms with E-state index >= 15 is 0 Å². The van der Waals surface area contributed by atoms with Gasteiger partial charge in [0.1, 0.15) is 10.8 Å². The first-order chi connectivity index (χ1) is 9.61. The second kappa shape index (κ2) is 6.56. The van der Waals surface area contributed by atoms with E-state index in [0.29, 0.717) is 43.6 Å². The molecule has 0 saturated carbocycles. The van der Waals surface area contributed by atoms with E-state index in [9.17, 15) is 9.59 Å². The van der Waals surface area contributed by atoms with Crippen LogP contribution in [0.25, 0.3) is 0 Å². The Morgan fingerprint density at radius 1 is 1.25 bits per heavy atom. The Morgan fingerprint density at radius 3 is 2.50 bits per heavy atom. The van der Waals surface area contributed by atoms with Crippen LogP contribution in [-0.4, -0.2) is 59.4 Å². The van der Waals surface area contributed by atoms with Gasteiger partial charge in [0.05, 0.1) is 0 Å². The van der Waals surface area contributed by atoms with Crippen LogP contribution < -0.4 is 5.32 Å². The van der Waals surface area contributed by atoms with Gasteiger partial charge in [-0.05, 0) is 19.1 Å². The average Bonchev–Trinajstić information content (AvgIpc) is 2.47.